The van der Waals surface area contributed by atoms with Crippen molar-refractivity contribution < 1.29 is 51.0 Å². The number of hydrogen-bond donors (Lipinski definition) is 0. The molecule has 79 valence electrons. The van der Waals surface area contributed by atoms with Crippen LogP contribution in [0.25, 0.3) is 10.8 Å². The minimum Gasteiger partial charge on any atom is -1.00 e. The maximum absolute atomic E-state index is 3.32. The summed E-state index contributed by atoms with van der Waals surface area (Å²) in [5.74, 6) is 0. The largest absolute Gasteiger partial charge is 3.00 e. The van der Waals surface area contributed by atoms with Crippen molar-refractivity contribution in [3.63, 3.8) is 0 Å². The predicted octanol–water partition coefficient (Wildman–Crippen LogP) is -2.89. The Morgan fingerprint density at radius 2 is 1.69 bits per heavy atom. The molecule has 1 radical (unpaired) electrons. The molecule has 1 aliphatic rings. The molecule has 1 aliphatic carbocycles. The van der Waals surface area contributed by atoms with E-state index in [2.05, 4.69) is 48.6 Å². The summed E-state index contributed by atoms with van der Waals surface area (Å²) in [6.45, 7) is 0. The van der Waals surface area contributed by atoms with Gasteiger partial charge in [0.2, 0.25) is 0 Å². The van der Waals surface area contributed by atoms with Gasteiger partial charge in [0, 0.05) is 0 Å². The first-order chi connectivity index (χ1) is 6.45. The van der Waals surface area contributed by atoms with E-state index in [1.165, 1.54) is 21.9 Å². The summed E-state index contributed by atoms with van der Waals surface area (Å²) in [5, 5.41) is 2.64. The number of benzene rings is 2. The van der Waals surface area contributed by atoms with Crippen LogP contribution in [0.1, 0.15) is 11.1 Å². The zero-order chi connectivity index (χ0) is 8.67. The molecule has 0 bridgehead atoms. The molecule has 0 saturated carbocycles. The number of allylic oxidation sites excluding steroid dienone is 1. The van der Waals surface area contributed by atoms with Crippen molar-refractivity contribution in [2.24, 2.45) is 0 Å². The van der Waals surface area contributed by atoms with Crippen molar-refractivity contribution in [1.29, 1.82) is 0 Å². The van der Waals surface area contributed by atoms with Crippen LogP contribution < -0.4 is 24.8 Å². The Kier molecular flexibility index (Phi) is 6.55. The van der Waals surface area contributed by atoms with Crippen LogP contribution in [0.4, 0.5) is 0 Å². The number of rotatable bonds is 0. The first kappa shape index (κ1) is 15.9. The normalized spacial score (nSPS) is 11.0. The third kappa shape index (κ3) is 2.59. The number of halogens is 2. The zero-order valence-corrected chi connectivity index (χ0v) is 12.5. The Hall–Kier alpha value is -0.0969. The van der Waals surface area contributed by atoms with Gasteiger partial charge in [0.05, 0.1) is 0 Å². The molecular weight excluding hydrogens is 318 g/mol. The van der Waals surface area contributed by atoms with Crippen molar-refractivity contribution in [3.05, 3.63) is 59.7 Å². The summed E-state index contributed by atoms with van der Waals surface area (Å²) in [5.41, 5.74) is 2.69. The molecule has 0 aliphatic heterocycles. The van der Waals surface area contributed by atoms with Gasteiger partial charge in [-0.15, -0.1) is 23.1 Å². The summed E-state index contributed by atoms with van der Waals surface area (Å²) >= 11 is 0. The average molecular weight is 327 g/mol. The predicted molar refractivity (Wildman–Crippen MR) is 54.6 cm³/mol. The van der Waals surface area contributed by atoms with Crippen molar-refractivity contribution in [1.82, 2.24) is 0 Å². The molecular formula is C13H9Cl2Zr. The van der Waals surface area contributed by atoms with Gasteiger partial charge in [-0.25, -0.2) is 0 Å². The molecule has 0 saturated heterocycles. The molecule has 0 nitrogen and oxygen atoms in total. The second-order valence-electron chi connectivity index (χ2n) is 3.37. The molecule has 0 heterocycles. The van der Waals surface area contributed by atoms with Crippen molar-refractivity contribution >= 4 is 10.8 Å². The Morgan fingerprint density at radius 3 is 2.50 bits per heavy atom. The quantitative estimate of drug-likeness (QED) is 0.456. The van der Waals surface area contributed by atoms with E-state index in [0.717, 1.165) is 6.42 Å². The number of hydrogen-bond acceptors (Lipinski definition) is 0. The Balaban J connectivity index is 0.000000750. The molecule has 3 rings (SSSR count). The zero-order valence-electron chi connectivity index (χ0n) is 8.50. The maximum atomic E-state index is 3.32. The third-order valence-electron chi connectivity index (χ3n) is 2.58. The van der Waals surface area contributed by atoms with Gasteiger partial charge in [0.25, 0.3) is 0 Å². The van der Waals surface area contributed by atoms with Gasteiger partial charge in [0.15, 0.2) is 0 Å². The molecule has 0 amide bonds. The molecule has 2 aromatic carbocycles. The molecule has 0 N–H and O–H groups in total. The van der Waals surface area contributed by atoms with Gasteiger partial charge in [-0.05, 0) is 0 Å². The Labute approximate surface area is 127 Å². The second-order valence-corrected chi connectivity index (χ2v) is 3.37. The smallest absolute Gasteiger partial charge is 1.00 e. The second kappa shape index (κ2) is 6.59. The third-order valence-corrected chi connectivity index (χ3v) is 2.58. The topological polar surface area (TPSA) is 0 Å². The van der Waals surface area contributed by atoms with Crippen LogP contribution in [0.5, 0.6) is 0 Å². The molecule has 0 unspecified atom stereocenters. The molecule has 0 aromatic heterocycles. The Morgan fingerprint density at radius 1 is 0.938 bits per heavy atom. The molecule has 2 aromatic rings. The molecule has 0 spiro atoms. The van der Waals surface area contributed by atoms with Gasteiger partial charge in [-0.2, -0.15) is 17.7 Å². The first-order valence-corrected chi connectivity index (χ1v) is 4.54. The molecule has 0 atom stereocenters. The SMILES string of the molecule is [C-]1=CCc2ccc3ccccc3c21.[Cl-].[Cl-].[Zr+3]. The fourth-order valence-electron chi connectivity index (χ4n) is 1.92. The van der Waals surface area contributed by atoms with E-state index in [1.54, 1.807) is 0 Å². The van der Waals surface area contributed by atoms with Crippen molar-refractivity contribution in [2.75, 3.05) is 0 Å². The van der Waals surface area contributed by atoms with Crippen molar-refractivity contribution in [3.8, 4) is 0 Å². The van der Waals surface area contributed by atoms with E-state index in [-0.39, 0.29) is 51.0 Å². The van der Waals surface area contributed by atoms with Crippen LogP contribution in [0.3, 0.4) is 0 Å². The number of fused-ring (bicyclic) bond motifs is 3. The standard InChI is InChI=1S/C13H9.2ClH.Zr/c1-2-6-12-10(4-1)8-9-11-5-3-7-13(11)12;;;/h1-4,6,8-9H,5H2;2*1H;/q-1;;;+3/p-2. The van der Waals surface area contributed by atoms with E-state index in [4.69, 9.17) is 0 Å². The summed E-state index contributed by atoms with van der Waals surface area (Å²) in [6.07, 6.45) is 6.47. The van der Waals surface area contributed by atoms with E-state index in [1.807, 2.05) is 0 Å². The van der Waals surface area contributed by atoms with Crippen LogP contribution in [0.15, 0.2) is 42.5 Å². The summed E-state index contributed by atoms with van der Waals surface area (Å²) in [6, 6.07) is 12.9. The van der Waals surface area contributed by atoms with Gasteiger partial charge >= 0.3 is 26.2 Å². The van der Waals surface area contributed by atoms with Gasteiger partial charge in [-0.1, -0.05) is 36.1 Å². The minimum absolute atomic E-state index is 0. The first-order valence-electron chi connectivity index (χ1n) is 4.54. The van der Waals surface area contributed by atoms with Gasteiger partial charge in [-0.3, -0.25) is 0 Å². The fraction of sp³-hybridized carbons (Fsp3) is 0.0769. The van der Waals surface area contributed by atoms with Crippen molar-refractivity contribution in [2.45, 2.75) is 6.42 Å². The van der Waals surface area contributed by atoms with Crippen LogP contribution in [0.2, 0.25) is 0 Å². The fourth-order valence-corrected chi connectivity index (χ4v) is 1.92. The summed E-state index contributed by atoms with van der Waals surface area (Å²) in [7, 11) is 0. The maximum Gasteiger partial charge on any atom is 3.00 e. The van der Waals surface area contributed by atoms with Crippen LogP contribution in [-0.2, 0) is 32.6 Å². The van der Waals surface area contributed by atoms with Gasteiger partial charge in [0.1, 0.15) is 0 Å². The van der Waals surface area contributed by atoms with Gasteiger partial charge < -0.3 is 24.8 Å². The van der Waals surface area contributed by atoms with E-state index >= 15 is 0 Å². The molecule has 3 heteroatoms. The minimum atomic E-state index is 0. The van der Waals surface area contributed by atoms with Crippen LogP contribution in [0, 0.1) is 6.08 Å². The molecule has 0 fully saturated rings. The van der Waals surface area contributed by atoms with Crippen LogP contribution >= 0.6 is 0 Å². The summed E-state index contributed by atoms with van der Waals surface area (Å²) < 4.78 is 0. The average Bonchev–Trinajstić information content (AvgIpc) is 2.65. The molecule has 16 heavy (non-hydrogen) atoms. The van der Waals surface area contributed by atoms with E-state index in [9.17, 15) is 0 Å². The van der Waals surface area contributed by atoms with E-state index in [0.29, 0.717) is 0 Å². The Bertz CT molecular complexity index is 506. The summed E-state index contributed by atoms with van der Waals surface area (Å²) in [4.78, 5) is 0. The monoisotopic (exact) mass is 325 g/mol. The van der Waals surface area contributed by atoms with Crippen LogP contribution in [-0.4, -0.2) is 0 Å². The van der Waals surface area contributed by atoms with E-state index < -0.39 is 0 Å².